The number of nitrogens with zero attached hydrogens (tertiary/aromatic N) is 2. The van der Waals surface area contributed by atoms with Gasteiger partial charge in [0.2, 0.25) is 0 Å². The molecule has 0 bridgehead atoms. The van der Waals surface area contributed by atoms with Crippen LogP contribution in [-0.2, 0) is 4.74 Å². The van der Waals surface area contributed by atoms with Crippen molar-refractivity contribution in [3.05, 3.63) is 17.0 Å². The van der Waals surface area contributed by atoms with E-state index in [0.29, 0.717) is 19.8 Å². The molecule has 0 unspecified atom stereocenters. The molecule has 5 nitrogen and oxygen atoms in total. The number of rotatable bonds is 6. The second-order valence-electron chi connectivity index (χ2n) is 2.48. The smallest absolute Gasteiger partial charge is 0.143 e. The normalized spacial score (nSPS) is 10.1. The summed E-state index contributed by atoms with van der Waals surface area (Å²) >= 11 is 3.31. The number of aliphatic hydroxyl groups is 1. The van der Waals surface area contributed by atoms with E-state index in [2.05, 4.69) is 31.2 Å². The summed E-state index contributed by atoms with van der Waals surface area (Å²) in [5.41, 5.74) is 0. The number of anilines is 1. The molecule has 0 radical (unpaired) electrons. The molecule has 14 heavy (non-hydrogen) atoms. The van der Waals surface area contributed by atoms with E-state index in [4.69, 9.17) is 9.84 Å². The van der Waals surface area contributed by atoms with E-state index in [1.165, 1.54) is 6.33 Å². The van der Waals surface area contributed by atoms with Gasteiger partial charge in [-0.15, -0.1) is 0 Å². The van der Waals surface area contributed by atoms with Crippen LogP contribution in [0.25, 0.3) is 0 Å². The summed E-state index contributed by atoms with van der Waals surface area (Å²) in [6, 6.07) is 0. The van der Waals surface area contributed by atoms with Gasteiger partial charge in [0.1, 0.15) is 12.1 Å². The summed E-state index contributed by atoms with van der Waals surface area (Å²) in [7, 11) is 0. The monoisotopic (exact) mass is 261 g/mol. The van der Waals surface area contributed by atoms with E-state index in [-0.39, 0.29) is 6.61 Å². The van der Waals surface area contributed by atoms with E-state index < -0.39 is 0 Å². The van der Waals surface area contributed by atoms with Gasteiger partial charge in [-0.2, -0.15) is 0 Å². The molecule has 6 heteroatoms. The van der Waals surface area contributed by atoms with Crippen LogP contribution in [0.2, 0.25) is 0 Å². The van der Waals surface area contributed by atoms with Crippen molar-refractivity contribution in [3.8, 4) is 0 Å². The SMILES string of the molecule is OCCOCCNc1ncncc1Br. The van der Waals surface area contributed by atoms with Crippen molar-refractivity contribution in [3.63, 3.8) is 0 Å². The first kappa shape index (κ1) is 11.4. The molecule has 0 aromatic carbocycles. The lowest BCUT2D eigenvalue weighted by Crippen LogP contribution is -2.12. The fourth-order valence-electron chi connectivity index (χ4n) is 0.851. The average molecular weight is 262 g/mol. The number of aliphatic hydroxyl groups excluding tert-OH is 1. The Morgan fingerprint density at radius 2 is 2.36 bits per heavy atom. The lowest BCUT2D eigenvalue weighted by molar-refractivity contribution is 0.0992. The molecule has 1 heterocycles. The first-order valence-electron chi connectivity index (χ1n) is 4.22. The maximum absolute atomic E-state index is 8.45. The van der Waals surface area contributed by atoms with E-state index >= 15 is 0 Å². The van der Waals surface area contributed by atoms with Gasteiger partial charge in [-0.1, -0.05) is 0 Å². The Labute approximate surface area is 90.7 Å². The van der Waals surface area contributed by atoms with E-state index in [0.717, 1.165) is 10.3 Å². The average Bonchev–Trinajstić information content (AvgIpc) is 2.20. The fourth-order valence-corrected chi connectivity index (χ4v) is 1.21. The molecule has 78 valence electrons. The predicted molar refractivity (Wildman–Crippen MR) is 56.1 cm³/mol. The molecule has 0 saturated heterocycles. The second-order valence-corrected chi connectivity index (χ2v) is 3.34. The Morgan fingerprint density at radius 1 is 1.50 bits per heavy atom. The van der Waals surface area contributed by atoms with Crippen molar-refractivity contribution in [2.75, 3.05) is 31.7 Å². The maximum Gasteiger partial charge on any atom is 0.143 e. The highest BCUT2D eigenvalue weighted by Crippen LogP contribution is 2.16. The van der Waals surface area contributed by atoms with Gasteiger partial charge in [-0.3, -0.25) is 0 Å². The van der Waals surface area contributed by atoms with E-state index in [1.54, 1.807) is 6.20 Å². The number of ether oxygens (including phenoxy) is 1. The van der Waals surface area contributed by atoms with Gasteiger partial charge in [-0.05, 0) is 15.9 Å². The molecule has 0 aliphatic carbocycles. The van der Waals surface area contributed by atoms with Crippen molar-refractivity contribution >= 4 is 21.7 Å². The summed E-state index contributed by atoms with van der Waals surface area (Å²) in [6.45, 7) is 1.61. The Bertz CT molecular complexity index is 273. The van der Waals surface area contributed by atoms with Crippen LogP contribution < -0.4 is 5.32 Å². The third-order valence-corrected chi connectivity index (χ3v) is 2.02. The van der Waals surface area contributed by atoms with Crippen molar-refractivity contribution in [2.45, 2.75) is 0 Å². The van der Waals surface area contributed by atoms with Crippen LogP contribution in [0.3, 0.4) is 0 Å². The van der Waals surface area contributed by atoms with Crippen molar-refractivity contribution in [1.82, 2.24) is 9.97 Å². The summed E-state index contributed by atoms with van der Waals surface area (Å²) in [6.07, 6.45) is 3.14. The van der Waals surface area contributed by atoms with E-state index in [1.807, 2.05) is 0 Å². The van der Waals surface area contributed by atoms with Crippen LogP contribution in [0.4, 0.5) is 5.82 Å². The molecule has 2 N–H and O–H groups in total. The second kappa shape index (κ2) is 6.69. The number of aromatic nitrogens is 2. The molecular weight excluding hydrogens is 250 g/mol. The van der Waals surface area contributed by atoms with Crippen LogP contribution in [0.1, 0.15) is 0 Å². The lowest BCUT2D eigenvalue weighted by atomic mass is 10.5. The number of hydrogen-bond acceptors (Lipinski definition) is 5. The van der Waals surface area contributed by atoms with Gasteiger partial charge in [-0.25, -0.2) is 9.97 Å². The Balaban J connectivity index is 2.21. The highest BCUT2D eigenvalue weighted by Gasteiger charge is 1.98. The minimum absolute atomic E-state index is 0.0528. The van der Waals surface area contributed by atoms with Crippen LogP contribution in [0, 0.1) is 0 Å². The van der Waals surface area contributed by atoms with Gasteiger partial charge in [0.15, 0.2) is 0 Å². The molecule has 0 aliphatic heterocycles. The van der Waals surface area contributed by atoms with Crippen LogP contribution in [0.5, 0.6) is 0 Å². The van der Waals surface area contributed by atoms with E-state index in [9.17, 15) is 0 Å². The third kappa shape index (κ3) is 3.99. The number of halogens is 1. The lowest BCUT2D eigenvalue weighted by Gasteiger charge is -2.06. The minimum atomic E-state index is 0.0528. The summed E-state index contributed by atoms with van der Waals surface area (Å²) < 4.78 is 5.89. The largest absolute Gasteiger partial charge is 0.394 e. The van der Waals surface area contributed by atoms with Gasteiger partial charge < -0.3 is 15.2 Å². The molecule has 1 aromatic heterocycles. The van der Waals surface area contributed by atoms with Crippen LogP contribution in [-0.4, -0.2) is 41.4 Å². The molecule has 0 spiro atoms. The standard InChI is InChI=1S/C8H12BrN3O2/c9-7-5-10-6-12-8(7)11-1-3-14-4-2-13/h5-6,13H,1-4H2,(H,10,11,12). The predicted octanol–water partition coefficient (Wildman–Crippen LogP) is 0.660. The zero-order chi connectivity index (χ0) is 10.2. The molecule has 0 saturated carbocycles. The number of hydrogen-bond donors (Lipinski definition) is 2. The molecule has 1 rings (SSSR count). The van der Waals surface area contributed by atoms with Gasteiger partial charge in [0.05, 0.1) is 24.3 Å². The summed E-state index contributed by atoms with van der Waals surface area (Å²) in [5, 5.41) is 11.5. The summed E-state index contributed by atoms with van der Waals surface area (Å²) in [5.74, 6) is 0.743. The highest BCUT2D eigenvalue weighted by molar-refractivity contribution is 9.10. The molecule has 0 fully saturated rings. The van der Waals surface area contributed by atoms with Gasteiger partial charge in [0, 0.05) is 12.7 Å². The topological polar surface area (TPSA) is 67.3 Å². The molecular formula is C8H12BrN3O2. The van der Waals surface area contributed by atoms with Gasteiger partial charge >= 0.3 is 0 Å². The van der Waals surface area contributed by atoms with Crippen molar-refractivity contribution in [1.29, 1.82) is 0 Å². The van der Waals surface area contributed by atoms with Crippen molar-refractivity contribution < 1.29 is 9.84 Å². The third-order valence-electron chi connectivity index (χ3n) is 1.44. The van der Waals surface area contributed by atoms with Crippen molar-refractivity contribution in [2.24, 2.45) is 0 Å². The fraction of sp³-hybridized carbons (Fsp3) is 0.500. The van der Waals surface area contributed by atoms with Crippen LogP contribution in [0.15, 0.2) is 17.0 Å². The zero-order valence-corrected chi connectivity index (χ0v) is 9.20. The highest BCUT2D eigenvalue weighted by atomic mass is 79.9. The quantitative estimate of drug-likeness (QED) is 0.737. The van der Waals surface area contributed by atoms with Crippen LogP contribution >= 0.6 is 15.9 Å². The molecule has 1 aromatic rings. The molecule has 0 atom stereocenters. The minimum Gasteiger partial charge on any atom is -0.394 e. The first-order valence-corrected chi connectivity index (χ1v) is 5.02. The maximum atomic E-state index is 8.45. The Kier molecular flexibility index (Phi) is 5.43. The zero-order valence-electron chi connectivity index (χ0n) is 7.61. The molecule has 0 aliphatic rings. The summed E-state index contributed by atoms with van der Waals surface area (Å²) in [4.78, 5) is 7.86. The first-order chi connectivity index (χ1) is 6.84. The Hall–Kier alpha value is -0.720. The Morgan fingerprint density at radius 3 is 3.07 bits per heavy atom. The molecule has 0 amide bonds. The van der Waals surface area contributed by atoms with Gasteiger partial charge in [0.25, 0.3) is 0 Å². The number of nitrogens with one attached hydrogen (secondary N) is 1.